The average Bonchev–Trinajstić information content (AvgIpc) is 3.31. The number of nitrogens with zero attached hydrogens (tertiary/aromatic N) is 5. The first-order chi connectivity index (χ1) is 15.5. The molecule has 0 aliphatic carbocycles. The molecule has 1 aliphatic heterocycles. The maximum atomic E-state index is 12.8. The van der Waals surface area contributed by atoms with Crippen molar-refractivity contribution in [2.75, 3.05) is 20.3 Å². The fourth-order valence-electron chi connectivity index (χ4n) is 4.87. The minimum absolute atomic E-state index is 0.0590. The number of rotatable bonds is 4. The minimum Gasteiger partial charge on any atom is -0.464 e. The molecule has 1 atom stereocenters. The van der Waals surface area contributed by atoms with E-state index in [1.165, 1.54) is 7.11 Å². The van der Waals surface area contributed by atoms with Crippen LogP contribution in [-0.4, -0.2) is 50.6 Å². The normalized spacial score (nSPS) is 16.0. The van der Waals surface area contributed by atoms with E-state index >= 15 is 0 Å². The molecule has 32 heavy (non-hydrogen) atoms. The second kappa shape index (κ2) is 8.29. The molecule has 1 fully saturated rings. The van der Waals surface area contributed by atoms with Crippen LogP contribution in [0.1, 0.15) is 40.5 Å². The Morgan fingerprint density at radius 2 is 2.06 bits per heavy atom. The number of fused-ring (bicyclic) bond motifs is 3. The number of hydrogen-bond donors (Lipinski definition) is 0. The van der Waals surface area contributed by atoms with Crippen LogP contribution in [0.2, 0.25) is 0 Å². The summed E-state index contributed by atoms with van der Waals surface area (Å²) in [6.07, 6.45) is 7.35. The van der Waals surface area contributed by atoms with Crippen molar-refractivity contribution in [3.05, 3.63) is 52.0 Å². The lowest BCUT2D eigenvalue weighted by atomic mass is 9.85. The van der Waals surface area contributed by atoms with Gasteiger partial charge in [-0.15, -0.1) is 0 Å². The molecular weight excluding hydrogens is 474 g/mol. The van der Waals surface area contributed by atoms with Crippen molar-refractivity contribution in [1.82, 2.24) is 24.3 Å². The molecule has 5 rings (SSSR count). The third-order valence-electron chi connectivity index (χ3n) is 6.35. The predicted molar refractivity (Wildman–Crippen MR) is 124 cm³/mol. The van der Waals surface area contributed by atoms with E-state index in [0.29, 0.717) is 19.1 Å². The van der Waals surface area contributed by atoms with Crippen LogP contribution >= 0.6 is 15.9 Å². The molecule has 0 bridgehead atoms. The molecule has 4 aromatic heterocycles. The van der Waals surface area contributed by atoms with Crippen LogP contribution < -0.4 is 0 Å². The Morgan fingerprint density at radius 1 is 1.28 bits per heavy atom. The van der Waals surface area contributed by atoms with Gasteiger partial charge < -0.3 is 14.0 Å². The summed E-state index contributed by atoms with van der Waals surface area (Å²) in [5, 5.41) is 4.53. The summed E-state index contributed by atoms with van der Waals surface area (Å²) in [5.41, 5.74) is 5.85. The first kappa shape index (κ1) is 21.1. The maximum Gasteiger partial charge on any atom is 0.360 e. The second-order valence-electron chi connectivity index (χ2n) is 8.18. The summed E-state index contributed by atoms with van der Waals surface area (Å²) in [6.45, 7) is 3.52. The van der Waals surface area contributed by atoms with Gasteiger partial charge in [-0.1, -0.05) is 0 Å². The van der Waals surface area contributed by atoms with Gasteiger partial charge in [0.15, 0.2) is 5.69 Å². The summed E-state index contributed by atoms with van der Waals surface area (Å²) < 4.78 is 15.6. The van der Waals surface area contributed by atoms with Crippen molar-refractivity contribution in [3.63, 3.8) is 0 Å². The lowest BCUT2D eigenvalue weighted by molar-refractivity contribution is 0.0547. The number of esters is 1. The van der Waals surface area contributed by atoms with Gasteiger partial charge in [0, 0.05) is 43.3 Å². The quantitative estimate of drug-likeness (QED) is 0.393. The van der Waals surface area contributed by atoms with Gasteiger partial charge in [0.1, 0.15) is 16.6 Å². The largest absolute Gasteiger partial charge is 0.464 e. The zero-order valence-corrected chi connectivity index (χ0v) is 19.8. The molecule has 5 heterocycles. The molecule has 1 saturated heterocycles. The topological polar surface area (TPSA) is 84.1 Å². The monoisotopic (exact) mass is 497 g/mol. The van der Waals surface area contributed by atoms with Crippen LogP contribution in [0.25, 0.3) is 22.1 Å². The minimum atomic E-state index is -0.465. The summed E-state index contributed by atoms with van der Waals surface area (Å²) in [5.74, 6) is -0.164. The van der Waals surface area contributed by atoms with Crippen molar-refractivity contribution >= 4 is 44.0 Å². The van der Waals surface area contributed by atoms with Crippen LogP contribution in [0.3, 0.4) is 0 Å². The molecular formula is C23H24BrN5O3. The predicted octanol–water partition coefficient (Wildman–Crippen LogP) is 4.19. The van der Waals surface area contributed by atoms with Crippen molar-refractivity contribution in [2.24, 2.45) is 13.0 Å². The molecule has 166 valence electrons. The number of methoxy groups -OCH3 is 1. The molecule has 0 spiro atoms. The highest BCUT2D eigenvalue weighted by Crippen LogP contribution is 2.42. The molecule has 0 N–H and O–H groups in total. The number of carbonyl (C=O) groups is 1. The number of hydrogen-bond acceptors (Lipinski definition) is 6. The number of aromatic nitrogens is 5. The summed E-state index contributed by atoms with van der Waals surface area (Å²) in [4.78, 5) is 21.9. The zero-order valence-electron chi connectivity index (χ0n) is 18.2. The van der Waals surface area contributed by atoms with Crippen LogP contribution in [0.5, 0.6) is 0 Å². The van der Waals surface area contributed by atoms with E-state index in [0.717, 1.165) is 50.5 Å². The Hall–Kier alpha value is -2.78. The van der Waals surface area contributed by atoms with E-state index in [1.807, 2.05) is 25.5 Å². The number of halogens is 1. The van der Waals surface area contributed by atoms with E-state index in [-0.39, 0.29) is 11.7 Å². The second-order valence-corrected chi connectivity index (χ2v) is 9.09. The van der Waals surface area contributed by atoms with E-state index in [2.05, 4.69) is 43.6 Å². The van der Waals surface area contributed by atoms with Crippen molar-refractivity contribution in [3.8, 4) is 0 Å². The zero-order chi connectivity index (χ0) is 22.4. The first-order valence-electron chi connectivity index (χ1n) is 10.6. The molecule has 4 aromatic rings. The molecule has 0 aromatic carbocycles. The average molecular weight is 498 g/mol. The van der Waals surface area contributed by atoms with Crippen LogP contribution in [0, 0.1) is 12.8 Å². The van der Waals surface area contributed by atoms with E-state index in [4.69, 9.17) is 14.5 Å². The van der Waals surface area contributed by atoms with Gasteiger partial charge in [0.05, 0.1) is 18.7 Å². The van der Waals surface area contributed by atoms with Crippen molar-refractivity contribution in [2.45, 2.75) is 25.8 Å². The van der Waals surface area contributed by atoms with Gasteiger partial charge in [0.2, 0.25) is 0 Å². The van der Waals surface area contributed by atoms with E-state index < -0.39 is 5.97 Å². The van der Waals surface area contributed by atoms with Crippen LogP contribution in [-0.2, 0) is 16.5 Å². The fraction of sp³-hybridized carbons (Fsp3) is 0.391. The Bertz CT molecular complexity index is 1320. The summed E-state index contributed by atoms with van der Waals surface area (Å²) >= 11 is 3.59. The van der Waals surface area contributed by atoms with Gasteiger partial charge in [-0.05, 0) is 64.9 Å². The summed E-state index contributed by atoms with van der Waals surface area (Å²) in [6, 6.07) is 4.03. The van der Waals surface area contributed by atoms with Gasteiger partial charge in [-0.25, -0.2) is 4.79 Å². The molecule has 0 amide bonds. The van der Waals surface area contributed by atoms with Crippen LogP contribution in [0.4, 0.5) is 0 Å². The van der Waals surface area contributed by atoms with E-state index in [1.54, 1.807) is 10.9 Å². The van der Waals surface area contributed by atoms with Gasteiger partial charge >= 0.3 is 5.97 Å². The number of carbonyl (C=O) groups excluding carboxylic acids is 1. The van der Waals surface area contributed by atoms with Gasteiger partial charge in [-0.3, -0.25) is 14.6 Å². The maximum absolute atomic E-state index is 12.8. The third-order valence-corrected chi connectivity index (χ3v) is 6.78. The van der Waals surface area contributed by atoms with Crippen LogP contribution in [0.15, 0.2) is 35.2 Å². The molecule has 0 radical (unpaired) electrons. The highest BCUT2D eigenvalue weighted by molar-refractivity contribution is 9.10. The molecule has 1 aliphatic rings. The molecule has 9 heteroatoms. The van der Waals surface area contributed by atoms with Gasteiger partial charge in [0.25, 0.3) is 0 Å². The smallest absolute Gasteiger partial charge is 0.360 e. The molecule has 1 unspecified atom stereocenters. The number of pyridine rings is 2. The Balaban J connectivity index is 1.91. The highest BCUT2D eigenvalue weighted by Gasteiger charge is 2.34. The lowest BCUT2D eigenvalue weighted by Crippen LogP contribution is -2.28. The Kier molecular flexibility index (Phi) is 5.46. The summed E-state index contributed by atoms with van der Waals surface area (Å²) in [7, 11) is 3.22. The third kappa shape index (κ3) is 3.31. The first-order valence-corrected chi connectivity index (χ1v) is 11.4. The Labute approximate surface area is 193 Å². The molecule has 8 nitrogen and oxygen atoms in total. The number of ether oxygens (including phenoxy) is 2. The fourth-order valence-corrected chi connectivity index (χ4v) is 5.19. The molecule has 0 saturated carbocycles. The number of aryl methyl sites for hydroxylation is 2. The van der Waals surface area contributed by atoms with Crippen molar-refractivity contribution < 1.29 is 14.3 Å². The Morgan fingerprint density at radius 3 is 2.78 bits per heavy atom. The van der Waals surface area contributed by atoms with Gasteiger partial charge in [-0.2, -0.15) is 5.10 Å². The lowest BCUT2D eigenvalue weighted by Gasteiger charge is -2.33. The SMILES string of the molecule is COC(=O)c1nn(C)c2c3ncc(Br)cc3n(C(c3cnccc3C)C3CCOCC3)c12. The van der Waals surface area contributed by atoms with E-state index in [9.17, 15) is 4.79 Å². The standard InChI is InChI=1S/C23H24BrN5O3/c1-13-4-7-25-12-16(13)20(14-5-8-32-9-6-14)29-17-10-15(24)11-26-18(17)21-22(29)19(23(30)31-3)27-28(21)2/h4,7,10-12,14,20H,5-6,8-9H2,1-3H3. The van der Waals surface area contributed by atoms with Crippen molar-refractivity contribution in [1.29, 1.82) is 0 Å². The highest BCUT2D eigenvalue weighted by atomic mass is 79.9.